The zero-order chi connectivity index (χ0) is 9.26. The molecule has 0 aliphatic carbocycles. The number of hydrogen-bond acceptors (Lipinski definition) is 2. The molecule has 0 radical (unpaired) electrons. The summed E-state index contributed by atoms with van der Waals surface area (Å²) < 4.78 is 0. The summed E-state index contributed by atoms with van der Waals surface area (Å²) in [5.41, 5.74) is 3.29. The topological polar surface area (TPSA) is 30.7 Å². The van der Waals surface area contributed by atoms with E-state index in [9.17, 15) is 0 Å². The third kappa shape index (κ3) is 1.59. The fourth-order valence-corrected chi connectivity index (χ4v) is 1.20. The first kappa shape index (κ1) is 7.98. The van der Waals surface area contributed by atoms with Crippen LogP contribution in [0.15, 0.2) is 30.5 Å². The Labute approximate surface area is 77.0 Å². The minimum Gasteiger partial charge on any atom is -0.187 e. The first-order valence-corrected chi connectivity index (χ1v) is 4.19. The lowest BCUT2D eigenvalue weighted by Gasteiger charge is -1.95. The molecule has 13 heavy (non-hydrogen) atoms. The van der Waals surface area contributed by atoms with Gasteiger partial charge in [-0.2, -0.15) is 15.0 Å². The molecule has 0 unspecified atom stereocenters. The molecule has 3 heteroatoms. The van der Waals surface area contributed by atoms with Gasteiger partial charge in [0.05, 0.1) is 6.20 Å². The highest BCUT2D eigenvalue weighted by molar-refractivity contribution is 5.57. The summed E-state index contributed by atoms with van der Waals surface area (Å²) in [7, 11) is 1.82. The monoisotopic (exact) mass is 173 g/mol. The average Bonchev–Trinajstić information content (AvgIpc) is 2.53. The third-order valence-corrected chi connectivity index (χ3v) is 1.95. The molecule has 0 fully saturated rings. The van der Waals surface area contributed by atoms with Crippen LogP contribution in [0.4, 0.5) is 0 Å². The summed E-state index contributed by atoms with van der Waals surface area (Å²) in [6, 6.07) is 8.26. The predicted molar refractivity (Wildman–Crippen MR) is 51.2 cm³/mol. The van der Waals surface area contributed by atoms with Crippen LogP contribution in [0.25, 0.3) is 11.3 Å². The van der Waals surface area contributed by atoms with Crippen molar-refractivity contribution < 1.29 is 0 Å². The van der Waals surface area contributed by atoms with Gasteiger partial charge >= 0.3 is 0 Å². The maximum Gasteiger partial charge on any atom is 0.113 e. The first-order valence-electron chi connectivity index (χ1n) is 4.19. The smallest absolute Gasteiger partial charge is 0.113 e. The van der Waals surface area contributed by atoms with Crippen LogP contribution in [-0.2, 0) is 7.05 Å². The van der Waals surface area contributed by atoms with Crippen LogP contribution in [0.1, 0.15) is 5.56 Å². The van der Waals surface area contributed by atoms with Gasteiger partial charge in [0, 0.05) is 12.6 Å². The van der Waals surface area contributed by atoms with Crippen molar-refractivity contribution in [1.29, 1.82) is 0 Å². The van der Waals surface area contributed by atoms with Crippen molar-refractivity contribution in [3.8, 4) is 11.3 Å². The minimum atomic E-state index is 0.919. The summed E-state index contributed by atoms with van der Waals surface area (Å²) in [5, 5.41) is 8.24. The molecule has 3 nitrogen and oxygen atoms in total. The molecule has 0 spiro atoms. The van der Waals surface area contributed by atoms with Crippen molar-refractivity contribution in [3.05, 3.63) is 36.0 Å². The lowest BCUT2D eigenvalue weighted by atomic mass is 10.1. The number of benzene rings is 1. The van der Waals surface area contributed by atoms with Crippen molar-refractivity contribution in [2.75, 3.05) is 0 Å². The number of aryl methyl sites for hydroxylation is 2. The number of aromatic nitrogens is 3. The maximum atomic E-state index is 4.22. The Bertz CT molecular complexity index is 400. The number of rotatable bonds is 1. The molecule has 66 valence electrons. The summed E-state index contributed by atoms with van der Waals surface area (Å²) in [6.45, 7) is 2.07. The average molecular weight is 173 g/mol. The molecule has 0 aliphatic heterocycles. The highest BCUT2D eigenvalue weighted by atomic mass is 15.4. The van der Waals surface area contributed by atoms with Crippen molar-refractivity contribution in [1.82, 2.24) is 15.0 Å². The van der Waals surface area contributed by atoms with Crippen LogP contribution in [0, 0.1) is 6.92 Å². The van der Waals surface area contributed by atoms with Gasteiger partial charge in [-0.05, 0) is 6.92 Å². The Morgan fingerprint density at radius 3 is 2.38 bits per heavy atom. The Balaban J connectivity index is 2.41. The molecule has 0 amide bonds. The minimum absolute atomic E-state index is 0.919. The van der Waals surface area contributed by atoms with E-state index in [-0.39, 0.29) is 0 Å². The van der Waals surface area contributed by atoms with Gasteiger partial charge in [-0.1, -0.05) is 29.8 Å². The van der Waals surface area contributed by atoms with Gasteiger partial charge in [-0.25, -0.2) is 0 Å². The molecule has 2 rings (SSSR count). The molecule has 0 N–H and O–H groups in total. The highest BCUT2D eigenvalue weighted by Crippen LogP contribution is 2.15. The largest absolute Gasteiger partial charge is 0.187 e. The van der Waals surface area contributed by atoms with Crippen molar-refractivity contribution >= 4 is 0 Å². The Morgan fingerprint density at radius 1 is 1.15 bits per heavy atom. The summed E-state index contributed by atoms with van der Waals surface area (Å²) in [4.78, 5) is 1.56. The van der Waals surface area contributed by atoms with Crippen molar-refractivity contribution in [2.24, 2.45) is 7.05 Å². The first-order chi connectivity index (χ1) is 6.25. The Hall–Kier alpha value is -1.64. The van der Waals surface area contributed by atoms with E-state index in [0.717, 1.165) is 11.3 Å². The number of nitrogens with zero attached hydrogens (tertiary/aromatic N) is 3. The normalized spacial score (nSPS) is 10.3. The standard InChI is InChI=1S/C10H11N3/c1-8-3-5-9(6-4-8)10-7-11-13(2)12-10/h3-7H,1-2H3. The zero-order valence-corrected chi connectivity index (χ0v) is 7.73. The van der Waals surface area contributed by atoms with E-state index in [1.165, 1.54) is 5.56 Å². The fourth-order valence-electron chi connectivity index (χ4n) is 1.20. The van der Waals surface area contributed by atoms with Crippen LogP contribution in [-0.4, -0.2) is 15.0 Å². The van der Waals surface area contributed by atoms with E-state index in [1.54, 1.807) is 11.0 Å². The van der Waals surface area contributed by atoms with Gasteiger partial charge in [0.15, 0.2) is 0 Å². The lowest BCUT2D eigenvalue weighted by molar-refractivity contribution is 0.655. The van der Waals surface area contributed by atoms with Crippen molar-refractivity contribution in [3.63, 3.8) is 0 Å². The maximum absolute atomic E-state index is 4.22. The van der Waals surface area contributed by atoms with Gasteiger partial charge in [0.2, 0.25) is 0 Å². The lowest BCUT2D eigenvalue weighted by Crippen LogP contribution is -1.91. The van der Waals surface area contributed by atoms with Crippen LogP contribution in [0.3, 0.4) is 0 Å². The number of hydrogen-bond donors (Lipinski definition) is 0. The van der Waals surface area contributed by atoms with E-state index < -0.39 is 0 Å². The Kier molecular flexibility index (Phi) is 1.85. The van der Waals surface area contributed by atoms with E-state index in [2.05, 4.69) is 41.4 Å². The van der Waals surface area contributed by atoms with Crippen LogP contribution < -0.4 is 0 Å². The predicted octanol–water partition coefficient (Wildman–Crippen LogP) is 1.79. The molecule has 0 saturated carbocycles. The second kappa shape index (κ2) is 3.01. The summed E-state index contributed by atoms with van der Waals surface area (Å²) >= 11 is 0. The molecule has 0 bridgehead atoms. The summed E-state index contributed by atoms with van der Waals surface area (Å²) in [6.07, 6.45) is 1.77. The van der Waals surface area contributed by atoms with Gasteiger partial charge in [-0.15, -0.1) is 0 Å². The molecule has 1 aromatic heterocycles. The zero-order valence-electron chi connectivity index (χ0n) is 7.73. The fraction of sp³-hybridized carbons (Fsp3) is 0.200. The summed E-state index contributed by atoms with van der Waals surface area (Å²) in [5.74, 6) is 0. The highest BCUT2D eigenvalue weighted by Gasteiger charge is 2.00. The van der Waals surface area contributed by atoms with Crippen LogP contribution in [0.2, 0.25) is 0 Å². The van der Waals surface area contributed by atoms with Gasteiger partial charge in [0.1, 0.15) is 5.69 Å². The SMILES string of the molecule is Cc1ccc(-c2cnn(C)n2)cc1. The third-order valence-electron chi connectivity index (χ3n) is 1.95. The van der Waals surface area contributed by atoms with E-state index in [1.807, 2.05) is 7.05 Å². The van der Waals surface area contributed by atoms with Gasteiger partial charge in [0.25, 0.3) is 0 Å². The second-order valence-corrected chi connectivity index (χ2v) is 3.09. The molecular formula is C10H11N3. The van der Waals surface area contributed by atoms with Gasteiger partial charge < -0.3 is 0 Å². The molecule has 2 aromatic rings. The Morgan fingerprint density at radius 2 is 1.85 bits per heavy atom. The van der Waals surface area contributed by atoms with Gasteiger partial charge in [-0.3, -0.25) is 0 Å². The van der Waals surface area contributed by atoms with Crippen molar-refractivity contribution in [2.45, 2.75) is 6.92 Å². The molecule has 1 aromatic carbocycles. The molecule has 0 saturated heterocycles. The molecule has 0 aliphatic rings. The quantitative estimate of drug-likeness (QED) is 0.658. The second-order valence-electron chi connectivity index (χ2n) is 3.09. The van der Waals surface area contributed by atoms with E-state index >= 15 is 0 Å². The van der Waals surface area contributed by atoms with E-state index in [4.69, 9.17) is 0 Å². The molecular weight excluding hydrogens is 162 g/mol. The molecule has 1 heterocycles. The molecule has 0 atom stereocenters. The van der Waals surface area contributed by atoms with E-state index in [0.29, 0.717) is 0 Å². The van der Waals surface area contributed by atoms with Crippen LogP contribution >= 0.6 is 0 Å². The van der Waals surface area contributed by atoms with Crippen LogP contribution in [0.5, 0.6) is 0 Å².